The maximum atomic E-state index is 5.69. The van der Waals surface area contributed by atoms with Crippen molar-refractivity contribution in [2.24, 2.45) is 0 Å². The van der Waals surface area contributed by atoms with Gasteiger partial charge in [0.2, 0.25) is 0 Å². The normalized spacial score (nSPS) is 10.3. The van der Waals surface area contributed by atoms with Gasteiger partial charge in [0.15, 0.2) is 0 Å². The number of anilines is 1. The van der Waals surface area contributed by atoms with Crippen LogP contribution in [0.25, 0.3) is 5.57 Å². The average Bonchev–Trinajstić information content (AvgIpc) is 2.38. The van der Waals surface area contributed by atoms with Gasteiger partial charge in [0.1, 0.15) is 0 Å². The largest absolute Gasteiger partial charge is 0.399 e. The highest BCUT2D eigenvalue weighted by molar-refractivity contribution is 9.10. The molecule has 0 aliphatic heterocycles. The Morgan fingerprint density at radius 1 is 1.11 bits per heavy atom. The summed E-state index contributed by atoms with van der Waals surface area (Å²) in [5.74, 6) is 0. The van der Waals surface area contributed by atoms with E-state index < -0.39 is 0 Å². The van der Waals surface area contributed by atoms with E-state index in [0.717, 1.165) is 32.2 Å². The van der Waals surface area contributed by atoms with Gasteiger partial charge in [-0.05, 0) is 40.5 Å². The Bertz CT molecular complexity index is 574. The van der Waals surface area contributed by atoms with E-state index >= 15 is 0 Å². The van der Waals surface area contributed by atoms with E-state index in [4.69, 9.17) is 5.73 Å². The molecule has 92 valence electrons. The van der Waals surface area contributed by atoms with Crippen LogP contribution in [0.2, 0.25) is 0 Å². The predicted octanol–water partition coefficient (Wildman–Crippen LogP) is 4.99. The highest BCUT2D eigenvalue weighted by Crippen LogP contribution is 2.30. The summed E-state index contributed by atoms with van der Waals surface area (Å²) < 4.78 is 1.06. The lowest BCUT2D eigenvalue weighted by molar-refractivity contribution is 1.40. The van der Waals surface area contributed by atoms with Gasteiger partial charge in [-0.2, -0.15) is 0 Å². The van der Waals surface area contributed by atoms with E-state index in [9.17, 15) is 0 Å². The SMILES string of the molecule is C=C(c1ccc(N)cc1)c1ccc(CBr)cc1Br. The molecule has 0 bridgehead atoms. The zero-order valence-electron chi connectivity index (χ0n) is 9.79. The number of nitrogen functional groups attached to an aromatic ring is 1. The lowest BCUT2D eigenvalue weighted by Gasteiger charge is -2.10. The van der Waals surface area contributed by atoms with Gasteiger partial charge in [-0.15, -0.1) is 0 Å². The third-order valence-electron chi connectivity index (χ3n) is 2.77. The van der Waals surface area contributed by atoms with Crippen LogP contribution >= 0.6 is 31.9 Å². The molecule has 0 heterocycles. The zero-order chi connectivity index (χ0) is 13.1. The van der Waals surface area contributed by atoms with Crippen molar-refractivity contribution < 1.29 is 0 Å². The molecule has 2 aromatic carbocycles. The van der Waals surface area contributed by atoms with E-state index in [1.807, 2.05) is 24.3 Å². The lowest BCUT2D eigenvalue weighted by Crippen LogP contribution is -1.91. The topological polar surface area (TPSA) is 26.0 Å². The molecular weight excluding hydrogens is 354 g/mol. The van der Waals surface area contributed by atoms with Crippen LogP contribution in [-0.2, 0) is 5.33 Å². The summed E-state index contributed by atoms with van der Waals surface area (Å²) in [6, 6.07) is 14.0. The minimum absolute atomic E-state index is 0.764. The Labute approximate surface area is 124 Å². The second-order valence-corrected chi connectivity index (χ2v) is 5.46. The van der Waals surface area contributed by atoms with Crippen molar-refractivity contribution >= 4 is 43.1 Å². The van der Waals surface area contributed by atoms with Crippen molar-refractivity contribution in [1.29, 1.82) is 0 Å². The van der Waals surface area contributed by atoms with Crippen LogP contribution in [0.4, 0.5) is 5.69 Å². The molecule has 0 saturated heterocycles. The maximum Gasteiger partial charge on any atom is 0.0314 e. The molecule has 2 aromatic rings. The molecule has 18 heavy (non-hydrogen) atoms. The van der Waals surface area contributed by atoms with Gasteiger partial charge in [-0.25, -0.2) is 0 Å². The fraction of sp³-hybridized carbons (Fsp3) is 0.0667. The van der Waals surface area contributed by atoms with E-state index in [-0.39, 0.29) is 0 Å². The molecule has 0 saturated carbocycles. The number of hydrogen-bond donors (Lipinski definition) is 1. The van der Waals surface area contributed by atoms with Crippen molar-refractivity contribution in [3.8, 4) is 0 Å². The molecule has 0 unspecified atom stereocenters. The maximum absolute atomic E-state index is 5.69. The summed E-state index contributed by atoms with van der Waals surface area (Å²) in [7, 11) is 0. The zero-order valence-corrected chi connectivity index (χ0v) is 13.0. The van der Waals surface area contributed by atoms with Crippen LogP contribution < -0.4 is 5.73 Å². The molecule has 1 nitrogen and oxygen atoms in total. The number of alkyl halides is 1. The number of nitrogens with two attached hydrogens (primary N) is 1. The summed E-state index contributed by atoms with van der Waals surface area (Å²) in [4.78, 5) is 0. The third kappa shape index (κ3) is 2.85. The van der Waals surface area contributed by atoms with Crippen LogP contribution in [0.3, 0.4) is 0 Å². The first-order valence-electron chi connectivity index (χ1n) is 5.51. The van der Waals surface area contributed by atoms with E-state index in [0.29, 0.717) is 0 Å². The first-order valence-corrected chi connectivity index (χ1v) is 7.43. The first-order chi connectivity index (χ1) is 8.61. The quantitative estimate of drug-likeness (QED) is 0.601. The van der Waals surface area contributed by atoms with Gasteiger partial charge in [-0.3, -0.25) is 0 Å². The van der Waals surface area contributed by atoms with E-state index in [2.05, 4.69) is 56.6 Å². The van der Waals surface area contributed by atoms with E-state index in [1.165, 1.54) is 5.56 Å². The number of rotatable bonds is 3. The summed E-state index contributed by atoms with van der Waals surface area (Å²) >= 11 is 7.04. The molecule has 2 rings (SSSR count). The Kier molecular flexibility index (Phi) is 4.25. The summed E-state index contributed by atoms with van der Waals surface area (Å²) in [5, 5.41) is 0.847. The third-order valence-corrected chi connectivity index (χ3v) is 4.08. The van der Waals surface area contributed by atoms with E-state index in [1.54, 1.807) is 0 Å². The van der Waals surface area contributed by atoms with Crippen molar-refractivity contribution in [1.82, 2.24) is 0 Å². The standard InChI is InChI=1S/C15H13Br2N/c1-10(12-3-5-13(18)6-4-12)14-7-2-11(9-16)8-15(14)17/h2-8H,1,9,18H2. The Morgan fingerprint density at radius 3 is 2.33 bits per heavy atom. The molecule has 0 aromatic heterocycles. The molecule has 0 spiro atoms. The average molecular weight is 367 g/mol. The smallest absolute Gasteiger partial charge is 0.0314 e. The molecule has 0 radical (unpaired) electrons. The van der Waals surface area contributed by atoms with Crippen LogP contribution in [0.1, 0.15) is 16.7 Å². The molecule has 0 aliphatic carbocycles. The van der Waals surface area contributed by atoms with Crippen molar-refractivity contribution in [2.45, 2.75) is 5.33 Å². The van der Waals surface area contributed by atoms with Gasteiger partial charge < -0.3 is 5.73 Å². The number of benzene rings is 2. The minimum atomic E-state index is 0.764. The van der Waals surface area contributed by atoms with Gasteiger partial charge in [0.25, 0.3) is 0 Å². The summed E-state index contributed by atoms with van der Waals surface area (Å²) in [6.45, 7) is 4.16. The molecule has 0 aliphatic rings. The van der Waals surface area contributed by atoms with Crippen LogP contribution in [-0.4, -0.2) is 0 Å². The highest BCUT2D eigenvalue weighted by atomic mass is 79.9. The van der Waals surface area contributed by atoms with Crippen LogP contribution in [0.5, 0.6) is 0 Å². The highest BCUT2D eigenvalue weighted by Gasteiger charge is 2.07. The second kappa shape index (κ2) is 5.72. The van der Waals surface area contributed by atoms with Crippen molar-refractivity contribution in [2.75, 3.05) is 5.73 Å². The fourth-order valence-electron chi connectivity index (χ4n) is 1.73. The van der Waals surface area contributed by atoms with Gasteiger partial charge in [0.05, 0.1) is 0 Å². The molecular formula is C15H13Br2N. The second-order valence-electron chi connectivity index (χ2n) is 4.05. The Morgan fingerprint density at radius 2 is 1.78 bits per heavy atom. The molecule has 0 amide bonds. The molecule has 0 fully saturated rings. The number of halogens is 2. The number of hydrogen-bond acceptors (Lipinski definition) is 1. The van der Waals surface area contributed by atoms with Crippen LogP contribution in [0.15, 0.2) is 53.5 Å². The predicted molar refractivity (Wildman–Crippen MR) is 85.8 cm³/mol. The fourth-order valence-corrected chi connectivity index (χ4v) is 2.74. The van der Waals surface area contributed by atoms with Gasteiger partial charge >= 0.3 is 0 Å². The molecule has 0 atom stereocenters. The summed E-state index contributed by atoms with van der Waals surface area (Å²) in [6.07, 6.45) is 0. The summed E-state index contributed by atoms with van der Waals surface area (Å²) in [5.41, 5.74) is 10.9. The first kappa shape index (κ1) is 13.4. The monoisotopic (exact) mass is 365 g/mol. The van der Waals surface area contributed by atoms with Gasteiger partial charge in [0, 0.05) is 15.5 Å². The van der Waals surface area contributed by atoms with Gasteiger partial charge in [-0.1, -0.05) is 62.7 Å². The molecule has 3 heteroatoms. The minimum Gasteiger partial charge on any atom is -0.399 e. The lowest BCUT2D eigenvalue weighted by atomic mass is 9.98. The Hall–Kier alpha value is -1.06. The van der Waals surface area contributed by atoms with Crippen molar-refractivity contribution in [3.63, 3.8) is 0 Å². The Balaban J connectivity index is 2.37. The van der Waals surface area contributed by atoms with Crippen LogP contribution in [0, 0.1) is 0 Å². The molecule has 2 N–H and O–H groups in total. The van der Waals surface area contributed by atoms with Crippen molar-refractivity contribution in [3.05, 3.63) is 70.2 Å².